The monoisotopic (exact) mass is 465 g/mol. The molecular formula is C21H21Cl2N3O3S. The molecule has 158 valence electrons. The number of rotatable bonds is 5. The number of amides is 1. The zero-order valence-electron chi connectivity index (χ0n) is 16.1. The largest absolute Gasteiger partial charge is 0.322 e. The molecule has 1 heterocycles. The fourth-order valence-corrected chi connectivity index (χ4v) is 4.40. The number of hydrogen-bond donors (Lipinski definition) is 2. The fraction of sp³-hybridized carbons (Fsp3) is 0.238. The van der Waals surface area contributed by atoms with Gasteiger partial charge in [0.1, 0.15) is 5.84 Å². The highest BCUT2D eigenvalue weighted by atomic mass is 35.5. The second-order valence-corrected chi connectivity index (χ2v) is 9.29. The molecule has 0 aliphatic carbocycles. The maximum Gasteiger partial charge on any atom is 0.262 e. The van der Waals surface area contributed by atoms with E-state index < -0.39 is 15.9 Å². The molecule has 0 bridgehead atoms. The third-order valence-corrected chi connectivity index (χ3v) is 6.37. The van der Waals surface area contributed by atoms with Crippen LogP contribution in [0.3, 0.4) is 0 Å². The number of nitrogens with one attached hydrogen (secondary N) is 2. The Labute approximate surface area is 186 Å². The average Bonchev–Trinajstić information content (AvgIpc) is 2.97. The maximum atomic E-state index is 12.7. The summed E-state index contributed by atoms with van der Waals surface area (Å²) >= 11 is 12.0. The van der Waals surface area contributed by atoms with Crippen LogP contribution in [-0.2, 0) is 14.8 Å². The Morgan fingerprint density at radius 1 is 1.07 bits per heavy atom. The molecule has 0 saturated heterocycles. The average molecular weight is 466 g/mol. The summed E-state index contributed by atoms with van der Waals surface area (Å²) in [6, 6.07) is 11.0. The summed E-state index contributed by atoms with van der Waals surface area (Å²) < 4.78 is 27.9. The van der Waals surface area contributed by atoms with Gasteiger partial charge in [-0.05, 0) is 60.9 Å². The van der Waals surface area contributed by atoms with Crippen LogP contribution in [0.5, 0.6) is 0 Å². The van der Waals surface area contributed by atoms with E-state index in [9.17, 15) is 13.2 Å². The third-order valence-electron chi connectivity index (χ3n) is 4.41. The smallest absolute Gasteiger partial charge is 0.262 e. The molecule has 2 aromatic carbocycles. The number of halogens is 2. The van der Waals surface area contributed by atoms with Crippen molar-refractivity contribution in [2.45, 2.75) is 30.6 Å². The van der Waals surface area contributed by atoms with Gasteiger partial charge in [-0.2, -0.15) is 0 Å². The molecule has 1 aliphatic heterocycles. The summed E-state index contributed by atoms with van der Waals surface area (Å²) in [7, 11) is -3.78. The number of aliphatic imine (C=N–C) groups is 1. The highest BCUT2D eigenvalue weighted by molar-refractivity contribution is 7.90. The van der Waals surface area contributed by atoms with Crippen LogP contribution in [0.2, 0.25) is 10.0 Å². The molecule has 0 spiro atoms. The lowest BCUT2D eigenvalue weighted by Crippen LogP contribution is -2.30. The fourth-order valence-electron chi connectivity index (χ4n) is 2.90. The van der Waals surface area contributed by atoms with E-state index >= 15 is 0 Å². The Morgan fingerprint density at radius 2 is 1.90 bits per heavy atom. The van der Waals surface area contributed by atoms with Crippen molar-refractivity contribution in [3.05, 3.63) is 64.1 Å². The highest BCUT2D eigenvalue weighted by Gasteiger charge is 2.17. The third kappa shape index (κ3) is 6.32. The predicted octanol–water partition coefficient (Wildman–Crippen LogP) is 4.90. The summed E-state index contributed by atoms with van der Waals surface area (Å²) in [5.41, 5.74) is 0.955. The van der Waals surface area contributed by atoms with Gasteiger partial charge in [0.05, 0.1) is 4.90 Å². The number of nitrogens with zero attached hydrogens (tertiary/aromatic N) is 1. The lowest BCUT2D eigenvalue weighted by molar-refractivity contribution is -0.111. The van der Waals surface area contributed by atoms with Gasteiger partial charge in [0.25, 0.3) is 10.0 Å². The van der Waals surface area contributed by atoms with Crippen LogP contribution in [-0.4, -0.2) is 26.7 Å². The van der Waals surface area contributed by atoms with Crippen molar-refractivity contribution >= 4 is 56.7 Å². The molecule has 0 saturated carbocycles. The van der Waals surface area contributed by atoms with Gasteiger partial charge in [0, 0.05) is 34.8 Å². The summed E-state index contributed by atoms with van der Waals surface area (Å²) in [6.07, 6.45) is 6.34. The number of hydrogen-bond acceptors (Lipinski definition) is 4. The molecule has 1 amide bonds. The Kier molecular flexibility index (Phi) is 7.53. The molecule has 0 radical (unpaired) electrons. The molecule has 2 N–H and O–H groups in total. The van der Waals surface area contributed by atoms with E-state index in [1.54, 1.807) is 30.3 Å². The topological polar surface area (TPSA) is 87.6 Å². The zero-order chi connectivity index (χ0) is 21.6. The number of carbonyl (C=O) groups excluding carboxylic acids is 1. The van der Waals surface area contributed by atoms with Gasteiger partial charge in [-0.15, -0.1) is 0 Å². The van der Waals surface area contributed by atoms with E-state index in [1.807, 2.05) is 0 Å². The van der Waals surface area contributed by atoms with E-state index in [-0.39, 0.29) is 4.90 Å². The first-order chi connectivity index (χ1) is 14.3. The minimum Gasteiger partial charge on any atom is -0.322 e. The molecule has 6 nitrogen and oxygen atoms in total. The minimum absolute atomic E-state index is 0.0501. The molecule has 30 heavy (non-hydrogen) atoms. The van der Waals surface area contributed by atoms with Crippen LogP contribution in [0.4, 0.5) is 5.69 Å². The van der Waals surface area contributed by atoms with Gasteiger partial charge in [-0.1, -0.05) is 35.7 Å². The Balaban J connectivity index is 1.70. The SMILES string of the molecule is O=C(/C=C/c1cc(Cl)ccc1Cl)Nc1cccc(S(=O)(=O)NC2=NCCCCC2)c1. The van der Waals surface area contributed by atoms with E-state index in [0.29, 0.717) is 40.1 Å². The zero-order valence-corrected chi connectivity index (χ0v) is 18.4. The molecule has 1 aliphatic rings. The lowest BCUT2D eigenvalue weighted by Gasteiger charge is -2.11. The van der Waals surface area contributed by atoms with Crippen molar-refractivity contribution in [3.63, 3.8) is 0 Å². The summed E-state index contributed by atoms with van der Waals surface area (Å²) in [5, 5.41) is 3.61. The lowest BCUT2D eigenvalue weighted by atomic mass is 10.2. The minimum atomic E-state index is -3.78. The van der Waals surface area contributed by atoms with Crippen LogP contribution in [0.1, 0.15) is 31.2 Å². The van der Waals surface area contributed by atoms with Gasteiger partial charge in [0.2, 0.25) is 5.91 Å². The number of benzene rings is 2. The van der Waals surface area contributed by atoms with E-state index in [0.717, 1.165) is 19.3 Å². The van der Waals surface area contributed by atoms with Gasteiger partial charge in [-0.3, -0.25) is 14.5 Å². The van der Waals surface area contributed by atoms with Gasteiger partial charge < -0.3 is 5.32 Å². The van der Waals surface area contributed by atoms with Gasteiger partial charge >= 0.3 is 0 Å². The quantitative estimate of drug-likeness (QED) is 0.615. The Hall–Kier alpha value is -2.35. The van der Waals surface area contributed by atoms with Crippen molar-refractivity contribution in [1.82, 2.24) is 4.72 Å². The van der Waals surface area contributed by atoms with Gasteiger partial charge in [-0.25, -0.2) is 8.42 Å². The summed E-state index contributed by atoms with van der Waals surface area (Å²) in [4.78, 5) is 16.6. The molecule has 3 rings (SSSR count). The van der Waals surface area contributed by atoms with Crippen molar-refractivity contribution in [2.75, 3.05) is 11.9 Å². The van der Waals surface area contributed by atoms with Crippen LogP contribution >= 0.6 is 23.2 Å². The van der Waals surface area contributed by atoms with E-state index in [4.69, 9.17) is 23.2 Å². The van der Waals surface area contributed by atoms with Crippen LogP contribution < -0.4 is 10.0 Å². The molecule has 0 aromatic heterocycles. The van der Waals surface area contributed by atoms with Crippen molar-refractivity contribution in [2.24, 2.45) is 4.99 Å². The number of amidine groups is 1. The molecule has 0 unspecified atom stereocenters. The van der Waals surface area contributed by atoms with Crippen LogP contribution in [0.15, 0.2) is 58.4 Å². The molecule has 9 heteroatoms. The van der Waals surface area contributed by atoms with E-state index in [1.165, 1.54) is 24.3 Å². The predicted molar refractivity (Wildman–Crippen MR) is 122 cm³/mol. The molecule has 2 aromatic rings. The highest BCUT2D eigenvalue weighted by Crippen LogP contribution is 2.22. The van der Waals surface area contributed by atoms with Crippen molar-refractivity contribution < 1.29 is 13.2 Å². The maximum absolute atomic E-state index is 12.7. The molecule has 0 fully saturated rings. The van der Waals surface area contributed by atoms with Gasteiger partial charge in [0.15, 0.2) is 0 Å². The molecule has 0 atom stereocenters. The number of carbonyl (C=O) groups is 1. The van der Waals surface area contributed by atoms with Crippen LogP contribution in [0, 0.1) is 0 Å². The van der Waals surface area contributed by atoms with Crippen LogP contribution in [0.25, 0.3) is 6.08 Å². The Morgan fingerprint density at radius 3 is 2.73 bits per heavy atom. The second-order valence-electron chi connectivity index (χ2n) is 6.76. The van der Waals surface area contributed by atoms with Crippen molar-refractivity contribution in [3.8, 4) is 0 Å². The Bertz CT molecular complexity index is 1100. The van der Waals surface area contributed by atoms with Crippen molar-refractivity contribution in [1.29, 1.82) is 0 Å². The molecular weight excluding hydrogens is 445 g/mol. The normalized spacial score (nSPS) is 14.8. The van der Waals surface area contributed by atoms with E-state index in [2.05, 4.69) is 15.0 Å². The first-order valence-electron chi connectivity index (χ1n) is 9.44. The summed E-state index contributed by atoms with van der Waals surface area (Å²) in [6.45, 7) is 0.622. The number of sulfonamides is 1. The summed E-state index contributed by atoms with van der Waals surface area (Å²) in [5.74, 6) is 0.0463. The first-order valence-corrected chi connectivity index (χ1v) is 11.7. The first kappa shape index (κ1) is 22.3. The standard InChI is InChI=1S/C21H21Cl2N3O3S/c22-16-9-10-19(23)15(13-16)8-11-21(27)25-17-5-4-6-18(14-17)30(28,29)26-20-7-2-1-3-12-24-20/h4-6,8-11,13-14H,1-3,7,12H2,(H,24,26)(H,25,27)/b11-8+. The number of anilines is 1. The second kappa shape index (κ2) is 10.1.